The number of hydrogen-bond donors (Lipinski definition) is 0. The second-order valence-electron chi connectivity index (χ2n) is 8.92. The average molecular weight is 440 g/mol. The first-order chi connectivity index (χ1) is 16.0. The third-order valence-corrected chi connectivity index (χ3v) is 6.41. The number of ether oxygens (including phenoxy) is 1. The molecule has 5 heteroatoms. The molecule has 1 amide bonds. The lowest BCUT2D eigenvalue weighted by Gasteiger charge is -2.22. The summed E-state index contributed by atoms with van der Waals surface area (Å²) in [5.41, 5.74) is 6.59. The molecule has 4 aromatic rings. The van der Waals surface area contributed by atoms with Gasteiger partial charge in [-0.1, -0.05) is 48.0 Å². The molecule has 0 spiro atoms. The zero-order valence-corrected chi connectivity index (χ0v) is 19.4. The molecule has 5 nitrogen and oxygen atoms in total. The number of amides is 1. The van der Waals surface area contributed by atoms with E-state index in [-0.39, 0.29) is 11.8 Å². The number of benzene rings is 3. The number of rotatable bonds is 6. The number of imidazole rings is 1. The fraction of sp³-hybridized carbons (Fsp3) is 0.286. The fourth-order valence-electron chi connectivity index (χ4n) is 5.11. The second-order valence-corrected chi connectivity index (χ2v) is 8.92. The number of aryl methyl sites for hydroxylation is 3. The summed E-state index contributed by atoms with van der Waals surface area (Å²) in [6.07, 6.45) is 0.468. The molecule has 33 heavy (non-hydrogen) atoms. The molecule has 1 fully saturated rings. The van der Waals surface area contributed by atoms with Crippen LogP contribution < -0.4 is 9.64 Å². The van der Waals surface area contributed by atoms with Gasteiger partial charge in [-0.2, -0.15) is 0 Å². The number of fused-ring (bicyclic) bond motifs is 1. The smallest absolute Gasteiger partial charge is 0.227 e. The first-order valence-electron chi connectivity index (χ1n) is 11.5. The van der Waals surface area contributed by atoms with Gasteiger partial charge in [-0.15, -0.1) is 0 Å². The molecule has 2 heterocycles. The number of hydrogen-bond acceptors (Lipinski definition) is 3. The van der Waals surface area contributed by atoms with Crippen molar-refractivity contribution >= 4 is 22.6 Å². The zero-order valence-electron chi connectivity index (χ0n) is 19.4. The molecule has 0 radical (unpaired) electrons. The van der Waals surface area contributed by atoms with Crippen LogP contribution in [0.5, 0.6) is 5.75 Å². The van der Waals surface area contributed by atoms with E-state index >= 15 is 0 Å². The summed E-state index contributed by atoms with van der Waals surface area (Å²) in [5.74, 6) is 2.03. The van der Waals surface area contributed by atoms with E-state index in [1.165, 1.54) is 5.56 Å². The molecule has 1 aromatic heterocycles. The van der Waals surface area contributed by atoms with Gasteiger partial charge in [0.25, 0.3) is 0 Å². The molecular formula is C28H29N3O2. The highest BCUT2D eigenvalue weighted by Crippen LogP contribution is 2.36. The lowest BCUT2D eigenvalue weighted by Crippen LogP contribution is -2.26. The minimum absolute atomic E-state index is 0.0433. The molecule has 1 aliphatic heterocycles. The lowest BCUT2D eigenvalue weighted by molar-refractivity contribution is -0.117. The number of nitrogens with zero attached hydrogens (tertiary/aromatic N) is 3. The normalized spacial score (nSPS) is 16.0. The van der Waals surface area contributed by atoms with Crippen molar-refractivity contribution in [1.29, 1.82) is 0 Å². The Morgan fingerprint density at radius 1 is 0.970 bits per heavy atom. The first kappa shape index (κ1) is 21.3. The van der Waals surface area contributed by atoms with Crippen molar-refractivity contribution in [3.63, 3.8) is 0 Å². The molecule has 1 atom stereocenters. The van der Waals surface area contributed by atoms with E-state index in [1.54, 1.807) is 0 Å². The lowest BCUT2D eigenvalue weighted by atomic mass is 10.0. The number of anilines is 1. The van der Waals surface area contributed by atoms with Crippen LogP contribution >= 0.6 is 0 Å². The van der Waals surface area contributed by atoms with E-state index in [0.717, 1.165) is 39.4 Å². The molecule has 3 aromatic carbocycles. The Bertz CT molecular complexity index is 1290. The van der Waals surface area contributed by atoms with E-state index in [2.05, 4.69) is 43.5 Å². The van der Waals surface area contributed by atoms with Crippen molar-refractivity contribution in [2.75, 3.05) is 18.1 Å². The van der Waals surface area contributed by atoms with Crippen LogP contribution in [0.1, 0.15) is 34.9 Å². The number of carbonyl (C=O) groups excluding carboxylic acids is 1. The summed E-state index contributed by atoms with van der Waals surface area (Å²) < 4.78 is 8.20. The predicted octanol–water partition coefficient (Wildman–Crippen LogP) is 5.56. The van der Waals surface area contributed by atoms with Gasteiger partial charge in [0, 0.05) is 24.6 Å². The van der Waals surface area contributed by atoms with Crippen LogP contribution in [0.2, 0.25) is 0 Å². The monoisotopic (exact) mass is 439 g/mol. The number of aromatic nitrogens is 2. The van der Waals surface area contributed by atoms with Crippen LogP contribution in [0, 0.1) is 20.8 Å². The van der Waals surface area contributed by atoms with Crippen LogP contribution in [0.3, 0.4) is 0 Å². The van der Waals surface area contributed by atoms with Crippen LogP contribution in [-0.2, 0) is 11.3 Å². The molecular weight excluding hydrogens is 410 g/mol. The van der Waals surface area contributed by atoms with Crippen molar-refractivity contribution in [1.82, 2.24) is 9.55 Å². The van der Waals surface area contributed by atoms with E-state index in [0.29, 0.717) is 26.1 Å². The molecule has 5 rings (SSSR count). The van der Waals surface area contributed by atoms with E-state index in [4.69, 9.17) is 9.72 Å². The van der Waals surface area contributed by atoms with Crippen LogP contribution in [0.4, 0.5) is 5.69 Å². The van der Waals surface area contributed by atoms with Gasteiger partial charge in [0.05, 0.1) is 17.6 Å². The van der Waals surface area contributed by atoms with Gasteiger partial charge >= 0.3 is 0 Å². The highest BCUT2D eigenvalue weighted by atomic mass is 16.5. The van der Waals surface area contributed by atoms with Gasteiger partial charge in [0.15, 0.2) is 0 Å². The van der Waals surface area contributed by atoms with Crippen molar-refractivity contribution in [3.05, 3.63) is 89.2 Å². The highest BCUT2D eigenvalue weighted by Gasteiger charge is 2.36. The molecule has 1 unspecified atom stereocenters. The maximum Gasteiger partial charge on any atom is 0.227 e. The fourth-order valence-corrected chi connectivity index (χ4v) is 5.11. The van der Waals surface area contributed by atoms with Crippen molar-refractivity contribution < 1.29 is 9.53 Å². The van der Waals surface area contributed by atoms with Crippen LogP contribution in [0.15, 0.2) is 66.7 Å². The Balaban J connectivity index is 1.44. The topological polar surface area (TPSA) is 47.4 Å². The quantitative estimate of drug-likeness (QED) is 0.395. The minimum atomic E-state index is 0.0433. The molecule has 0 saturated carbocycles. The van der Waals surface area contributed by atoms with Crippen molar-refractivity contribution in [3.8, 4) is 5.75 Å². The summed E-state index contributed by atoms with van der Waals surface area (Å²) in [6.45, 7) is 8.14. The molecule has 0 bridgehead atoms. The molecule has 1 aliphatic rings. The summed E-state index contributed by atoms with van der Waals surface area (Å²) in [6, 6.07) is 22.3. The van der Waals surface area contributed by atoms with Crippen molar-refractivity contribution in [2.45, 2.75) is 39.7 Å². The van der Waals surface area contributed by atoms with Crippen LogP contribution in [-0.4, -0.2) is 28.6 Å². The third-order valence-electron chi connectivity index (χ3n) is 6.41. The molecule has 168 valence electrons. The second kappa shape index (κ2) is 8.74. The van der Waals surface area contributed by atoms with Crippen LogP contribution in [0.25, 0.3) is 11.0 Å². The highest BCUT2D eigenvalue weighted by molar-refractivity contribution is 5.98. The predicted molar refractivity (Wildman–Crippen MR) is 132 cm³/mol. The standard InChI is InChI=1S/C28H29N3O2/c1-19-15-20(2)27(21(3)16-19)31-18-22(17-26(31)32)28-29-24-11-7-8-12-25(24)30(28)13-14-33-23-9-5-4-6-10-23/h4-12,15-16,22H,13-14,17-18H2,1-3H3. The van der Waals surface area contributed by atoms with Crippen molar-refractivity contribution in [2.24, 2.45) is 0 Å². The van der Waals surface area contributed by atoms with Gasteiger partial charge in [-0.25, -0.2) is 4.98 Å². The summed E-state index contributed by atoms with van der Waals surface area (Å²) in [5, 5.41) is 0. The Hall–Kier alpha value is -3.60. The number of para-hydroxylation sites is 3. The average Bonchev–Trinajstić information content (AvgIpc) is 3.35. The summed E-state index contributed by atoms with van der Waals surface area (Å²) in [4.78, 5) is 20.1. The van der Waals surface area contributed by atoms with Gasteiger partial charge in [-0.05, 0) is 56.2 Å². The summed E-state index contributed by atoms with van der Waals surface area (Å²) >= 11 is 0. The largest absolute Gasteiger partial charge is 0.492 e. The SMILES string of the molecule is Cc1cc(C)c(N2CC(c3nc4ccccc4n3CCOc3ccccc3)CC2=O)c(C)c1. The first-order valence-corrected chi connectivity index (χ1v) is 11.5. The van der Waals surface area contributed by atoms with E-state index in [1.807, 2.05) is 53.4 Å². The maximum absolute atomic E-state index is 13.1. The van der Waals surface area contributed by atoms with E-state index in [9.17, 15) is 4.79 Å². The Morgan fingerprint density at radius 3 is 2.42 bits per heavy atom. The van der Waals surface area contributed by atoms with Gasteiger partial charge in [-0.3, -0.25) is 4.79 Å². The molecule has 0 aliphatic carbocycles. The van der Waals surface area contributed by atoms with Gasteiger partial charge in [0.2, 0.25) is 5.91 Å². The maximum atomic E-state index is 13.1. The Morgan fingerprint density at radius 2 is 1.67 bits per heavy atom. The third kappa shape index (κ3) is 4.11. The minimum Gasteiger partial charge on any atom is -0.492 e. The van der Waals surface area contributed by atoms with Gasteiger partial charge in [0.1, 0.15) is 18.2 Å². The summed E-state index contributed by atoms with van der Waals surface area (Å²) in [7, 11) is 0. The van der Waals surface area contributed by atoms with E-state index < -0.39 is 0 Å². The van der Waals surface area contributed by atoms with Gasteiger partial charge < -0.3 is 14.2 Å². The Kier molecular flexibility index (Phi) is 5.63. The molecule has 0 N–H and O–H groups in total. The number of carbonyl (C=O) groups is 1. The Labute approximate surface area is 194 Å². The molecule has 1 saturated heterocycles. The zero-order chi connectivity index (χ0) is 22.9.